The normalized spacial score (nSPS) is 20.6. The zero-order valence-corrected chi connectivity index (χ0v) is 17.4. The maximum atomic E-state index is 13.6. The number of imidazole rings is 1. The second-order valence-electron chi connectivity index (χ2n) is 8.16. The fraction of sp³-hybridized carbons (Fsp3) is 0.391. The van der Waals surface area contributed by atoms with Crippen LogP contribution in [0.15, 0.2) is 42.7 Å². The van der Waals surface area contributed by atoms with Crippen molar-refractivity contribution in [3.8, 4) is 11.6 Å². The van der Waals surface area contributed by atoms with E-state index in [-0.39, 0.29) is 12.8 Å². The summed E-state index contributed by atoms with van der Waals surface area (Å²) in [5.41, 5.74) is 3.34. The highest BCUT2D eigenvalue weighted by atomic mass is 19.3. The standard InChI is InChI=1S/C23H25F2N5O/c1-31-20-12-18-19(11-17(20)15-5-8-23(24,25)9-6-15)30(14-27-18)22-4-2-3-21(29-22)28-16-7-10-26-13-16/h2-5,11-12,14,16,26H,6-10,13H2,1H3,(H,28,29). The van der Waals surface area contributed by atoms with Crippen LogP contribution in [-0.4, -0.2) is 46.7 Å². The Hall–Kier alpha value is -3.00. The largest absolute Gasteiger partial charge is 0.496 e. The van der Waals surface area contributed by atoms with Gasteiger partial charge in [-0.15, -0.1) is 0 Å². The molecule has 8 heteroatoms. The van der Waals surface area contributed by atoms with E-state index < -0.39 is 5.92 Å². The highest BCUT2D eigenvalue weighted by molar-refractivity contribution is 5.86. The van der Waals surface area contributed by atoms with Crippen molar-refractivity contribution in [1.29, 1.82) is 0 Å². The Labute approximate surface area is 179 Å². The van der Waals surface area contributed by atoms with Gasteiger partial charge in [0.2, 0.25) is 0 Å². The lowest BCUT2D eigenvalue weighted by Gasteiger charge is -2.22. The summed E-state index contributed by atoms with van der Waals surface area (Å²) in [5, 5.41) is 6.82. The molecule has 5 rings (SSSR count). The molecule has 0 bridgehead atoms. The molecule has 1 aromatic carbocycles. The van der Waals surface area contributed by atoms with E-state index in [1.165, 1.54) is 0 Å². The molecule has 1 fully saturated rings. The Kier molecular flexibility index (Phi) is 5.09. The number of allylic oxidation sites excluding steroid dienone is 2. The minimum atomic E-state index is -2.63. The fourth-order valence-corrected chi connectivity index (χ4v) is 4.30. The van der Waals surface area contributed by atoms with Crippen LogP contribution in [0, 0.1) is 0 Å². The molecule has 1 unspecified atom stereocenters. The molecule has 2 N–H and O–H groups in total. The number of ether oxygens (including phenoxy) is 1. The number of pyridine rings is 1. The van der Waals surface area contributed by atoms with Gasteiger partial charge in [0.25, 0.3) is 5.92 Å². The Morgan fingerprint density at radius 1 is 1.29 bits per heavy atom. The quantitative estimate of drug-likeness (QED) is 0.634. The summed E-state index contributed by atoms with van der Waals surface area (Å²) in [6.07, 6.45) is 4.36. The van der Waals surface area contributed by atoms with E-state index in [0.717, 1.165) is 53.3 Å². The molecule has 1 saturated heterocycles. The number of hydrogen-bond donors (Lipinski definition) is 2. The maximum Gasteiger partial charge on any atom is 0.251 e. The second-order valence-corrected chi connectivity index (χ2v) is 8.16. The number of aromatic nitrogens is 3. The lowest BCUT2D eigenvalue weighted by Crippen LogP contribution is -2.22. The number of nitrogens with one attached hydrogen (secondary N) is 2. The molecule has 1 atom stereocenters. The third-order valence-electron chi connectivity index (χ3n) is 6.02. The van der Waals surface area contributed by atoms with Gasteiger partial charge in [-0.1, -0.05) is 12.1 Å². The van der Waals surface area contributed by atoms with E-state index in [4.69, 9.17) is 9.72 Å². The van der Waals surface area contributed by atoms with Gasteiger partial charge in [-0.3, -0.25) is 4.57 Å². The molecule has 1 aliphatic heterocycles. The minimum absolute atomic E-state index is 0.148. The number of fused-ring (bicyclic) bond motifs is 1. The molecule has 3 heterocycles. The summed E-state index contributed by atoms with van der Waals surface area (Å²) in [7, 11) is 1.59. The number of methoxy groups -OCH3 is 1. The number of alkyl halides is 2. The second kappa shape index (κ2) is 7.92. The maximum absolute atomic E-state index is 13.6. The first-order valence-corrected chi connectivity index (χ1v) is 10.6. The fourth-order valence-electron chi connectivity index (χ4n) is 4.30. The molecule has 0 saturated carbocycles. The van der Waals surface area contributed by atoms with Gasteiger partial charge in [0.15, 0.2) is 0 Å². The van der Waals surface area contributed by atoms with Crippen LogP contribution in [0.2, 0.25) is 0 Å². The average molecular weight is 425 g/mol. The number of rotatable bonds is 5. The molecule has 31 heavy (non-hydrogen) atoms. The number of hydrogen-bond acceptors (Lipinski definition) is 5. The molecule has 162 valence electrons. The predicted molar refractivity (Wildman–Crippen MR) is 117 cm³/mol. The third kappa shape index (κ3) is 3.99. The van der Waals surface area contributed by atoms with E-state index in [0.29, 0.717) is 18.2 Å². The van der Waals surface area contributed by atoms with Gasteiger partial charge in [0.05, 0.1) is 18.1 Å². The first-order chi connectivity index (χ1) is 15.0. The SMILES string of the molecule is COc1cc2ncn(-c3cccc(NC4CCNC4)n3)c2cc1C1=CCC(F)(F)CC1. The summed E-state index contributed by atoms with van der Waals surface area (Å²) in [4.78, 5) is 9.29. The van der Waals surface area contributed by atoms with Crippen LogP contribution >= 0.6 is 0 Å². The van der Waals surface area contributed by atoms with Crippen molar-refractivity contribution in [3.05, 3.63) is 48.3 Å². The number of benzene rings is 1. The van der Waals surface area contributed by atoms with Crippen LogP contribution in [0.3, 0.4) is 0 Å². The van der Waals surface area contributed by atoms with E-state index in [2.05, 4.69) is 15.6 Å². The summed E-state index contributed by atoms with van der Waals surface area (Å²) >= 11 is 0. The summed E-state index contributed by atoms with van der Waals surface area (Å²) < 4.78 is 34.8. The zero-order valence-electron chi connectivity index (χ0n) is 17.4. The topological polar surface area (TPSA) is 64.0 Å². The van der Waals surface area contributed by atoms with Crippen LogP contribution in [-0.2, 0) is 0 Å². The van der Waals surface area contributed by atoms with Gasteiger partial charge in [0, 0.05) is 37.1 Å². The first kappa shape index (κ1) is 19.9. The van der Waals surface area contributed by atoms with Crippen molar-refractivity contribution in [1.82, 2.24) is 19.9 Å². The van der Waals surface area contributed by atoms with Gasteiger partial charge < -0.3 is 15.4 Å². The zero-order chi connectivity index (χ0) is 21.4. The lowest BCUT2D eigenvalue weighted by molar-refractivity contribution is -0.00604. The van der Waals surface area contributed by atoms with Gasteiger partial charge >= 0.3 is 0 Å². The van der Waals surface area contributed by atoms with Crippen molar-refractivity contribution < 1.29 is 13.5 Å². The molecule has 3 aromatic rings. The molecular formula is C23H25F2N5O. The Bertz CT molecular complexity index is 1130. The van der Waals surface area contributed by atoms with Crippen LogP contribution < -0.4 is 15.4 Å². The Morgan fingerprint density at radius 2 is 2.19 bits per heavy atom. The molecule has 6 nitrogen and oxygen atoms in total. The number of halogens is 2. The molecule has 2 aliphatic rings. The van der Waals surface area contributed by atoms with Crippen molar-refractivity contribution in [2.24, 2.45) is 0 Å². The van der Waals surface area contributed by atoms with Crippen LogP contribution in [0.5, 0.6) is 5.75 Å². The van der Waals surface area contributed by atoms with Crippen LogP contribution in [0.4, 0.5) is 14.6 Å². The van der Waals surface area contributed by atoms with Gasteiger partial charge in [0.1, 0.15) is 23.7 Å². The van der Waals surface area contributed by atoms with Crippen molar-refractivity contribution in [2.75, 3.05) is 25.5 Å². The predicted octanol–water partition coefficient (Wildman–Crippen LogP) is 4.41. The summed E-state index contributed by atoms with van der Waals surface area (Å²) in [5.74, 6) is -0.418. The van der Waals surface area contributed by atoms with Gasteiger partial charge in [-0.05, 0) is 43.2 Å². The molecule has 2 aromatic heterocycles. The third-order valence-corrected chi connectivity index (χ3v) is 6.02. The van der Waals surface area contributed by atoms with E-state index >= 15 is 0 Å². The van der Waals surface area contributed by atoms with Gasteiger partial charge in [-0.25, -0.2) is 18.7 Å². The Balaban J connectivity index is 1.53. The smallest absolute Gasteiger partial charge is 0.251 e. The number of nitrogens with zero attached hydrogens (tertiary/aromatic N) is 3. The van der Waals surface area contributed by atoms with Gasteiger partial charge in [-0.2, -0.15) is 0 Å². The number of anilines is 1. The van der Waals surface area contributed by atoms with E-state index in [9.17, 15) is 8.78 Å². The van der Waals surface area contributed by atoms with Crippen LogP contribution in [0.1, 0.15) is 31.2 Å². The van der Waals surface area contributed by atoms with E-state index in [1.807, 2.05) is 34.9 Å². The van der Waals surface area contributed by atoms with Crippen LogP contribution in [0.25, 0.3) is 22.4 Å². The monoisotopic (exact) mass is 425 g/mol. The lowest BCUT2D eigenvalue weighted by atomic mass is 9.91. The molecule has 1 aliphatic carbocycles. The summed E-state index contributed by atoms with van der Waals surface area (Å²) in [6.45, 7) is 1.94. The van der Waals surface area contributed by atoms with E-state index in [1.54, 1.807) is 19.5 Å². The highest BCUT2D eigenvalue weighted by Crippen LogP contribution is 2.40. The summed E-state index contributed by atoms with van der Waals surface area (Å²) in [6, 6.07) is 10.1. The minimum Gasteiger partial charge on any atom is -0.496 e. The van der Waals surface area contributed by atoms with Crippen molar-refractivity contribution >= 4 is 22.4 Å². The first-order valence-electron chi connectivity index (χ1n) is 10.6. The highest BCUT2D eigenvalue weighted by Gasteiger charge is 2.32. The van der Waals surface area contributed by atoms with Crippen molar-refractivity contribution in [3.63, 3.8) is 0 Å². The molecule has 0 spiro atoms. The molecular weight excluding hydrogens is 400 g/mol. The Morgan fingerprint density at radius 3 is 2.94 bits per heavy atom. The molecule has 0 amide bonds. The van der Waals surface area contributed by atoms with Crippen molar-refractivity contribution in [2.45, 2.75) is 37.6 Å². The molecule has 0 radical (unpaired) electrons. The average Bonchev–Trinajstić information content (AvgIpc) is 3.42.